The molecule has 0 spiro atoms. The molecule has 0 saturated carbocycles. The molecule has 5 nitrogen and oxygen atoms in total. The third-order valence-electron chi connectivity index (χ3n) is 2.85. The summed E-state index contributed by atoms with van der Waals surface area (Å²) in [6.07, 6.45) is 0.849. The zero-order valence-corrected chi connectivity index (χ0v) is 11.0. The number of carboxylic acids is 1. The Hall–Kier alpha value is -2.69. The number of rotatable bonds is 5. The van der Waals surface area contributed by atoms with E-state index in [1.165, 1.54) is 24.3 Å². The van der Waals surface area contributed by atoms with Crippen LogP contribution in [0.3, 0.4) is 0 Å². The molecule has 0 fully saturated rings. The maximum absolute atomic E-state index is 10.7. The lowest BCUT2D eigenvalue weighted by atomic mass is 10.1. The second kappa shape index (κ2) is 5.97. The summed E-state index contributed by atoms with van der Waals surface area (Å²) in [5, 5.41) is 18.5. The van der Waals surface area contributed by atoms with Gasteiger partial charge in [0.15, 0.2) is 5.75 Å². The van der Waals surface area contributed by atoms with Gasteiger partial charge in [-0.1, -0.05) is 13.0 Å². The number of anilines is 1. The number of carboxylic acid groups (broad SMARTS) is 1. The van der Waals surface area contributed by atoms with Gasteiger partial charge in [-0.15, -0.1) is 0 Å². The van der Waals surface area contributed by atoms with Crippen molar-refractivity contribution in [3.05, 3.63) is 53.6 Å². The van der Waals surface area contributed by atoms with Gasteiger partial charge >= 0.3 is 5.97 Å². The van der Waals surface area contributed by atoms with Crippen LogP contribution in [0.4, 0.5) is 5.69 Å². The van der Waals surface area contributed by atoms with Crippen molar-refractivity contribution < 1.29 is 19.8 Å². The Morgan fingerprint density at radius 3 is 2.50 bits per heavy atom. The molecule has 0 heterocycles. The van der Waals surface area contributed by atoms with Crippen molar-refractivity contribution >= 4 is 11.7 Å². The highest BCUT2D eigenvalue weighted by atomic mass is 16.6. The molecule has 0 amide bonds. The molecule has 0 aliphatic rings. The molecule has 0 aliphatic carbocycles. The predicted molar refractivity (Wildman–Crippen MR) is 75.1 cm³/mol. The minimum atomic E-state index is -0.988. The Labute approximate surface area is 116 Å². The fourth-order valence-corrected chi connectivity index (χ4v) is 1.66. The number of aromatic carboxylic acids is 1. The largest absolute Gasteiger partial charge is 0.506 e. The van der Waals surface area contributed by atoms with Gasteiger partial charge in [0.1, 0.15) is 11.4 Å². The Kier molecular flexibility index (Phi) is 4.10. The summed E-state index contributed by atoms with van der Waals surface area (Å²) in [6.45, 7) is 2.02. The molecule has 2 rings (SSSR count). The van der Waals surface area contributed by atoms with Gasteiger partial charge in [-0.2, -0.15) is 0 Å². The monoisotopic (exact) mass is 273 g/mol. The lowest BCUT2D eigenvalue weighted by Gasteiger charge is -2.11. The third-order valence-corrected chi connectivity index (χ3v) is 2.85. The molecule has 0 aromatic heterocycles. The predicted octanol–water partition coefficient (Wildman–Crippen LogP) is 3.06. The van der Waals surface area contributed by atoms with Gasteiger partial charge in [-0.05, 0) is 48.4 Å². The number of hydrogen-bond acceptors (Lipinski definition) is 4. The van der Waals surface area contributed by atoms with Crippen molar-refractivity contribution in [2.24, 2.45) is 0 Å². The molecule has 0 unspecified atom stereocenters. The molecule has 3 N–H and O–H groups in total. The molecule has 5 heteroatoms. The van der Waals surface area contributed by atoms with Gasteiger partial charge in [0.05, 0.1) is 5.56 Å². The quantitative estimate of drug-likeness (QED) is 0.576. The number of benzene rings is 2. The maximum atomic E-state index is 10.7. The second-order valence-corrected chi connectivity index (χ2v) is 4.24. The van der Waals surface area contributed by atoms with Crippen LogP contribution < -0.4 is 10.3 Å². The molecule has 2 aromatic rings. The highest BCUT2D eigenvalue weighted by Crippen LogP contribution is 2.25. The molecular weight excluding hydrogens is 258 g/mol. The van der Waals surface area contributed by atoms with Gasteiger partial charge in [-0.25, -0.2) is 10.3 Å². The third kappa shape index (κ3) is 3.20. The van der Waals surface area contributed by atoms with E-state index in [1.54, 1.807) is 12.1 Å². The van der Waals surface area contributed by atoms with E-state index in [-0.39, 0.29) is 11.3 Å². The maximum Gasteiger partial charge on any atom is 0.335 e. The van der Waals surface area contributed by atoms with Crippen LogP contribution in [-0.4, -0.2) is 16.2 Å². The zero-order valence-electron chi connectivity index (χ0n) is 11.0. The number of phenols is 1. The zero-order chi connectivity index (χ0) is 14.5. The molecule has 0 bridgehead atoms. The van der Waals surface area contributed by atoms with Crippen LogP contribution in [0, 0.1) is 0 Å². The smallest absolute Gasteiger partial charge is 0.335 e. The van der Waals surface area contributed by atoms with E-state index in [1.807, 2.05) is 13.0 Å². The molecule has 20 heavy (non-hydrogen) atoms. The Morgan fingerprint density at radius 1 is 1.20 bits per heavy atom. The van der Waals surface area contributed by atoms with E-state index in [0.29, 0.717) is 11.4 Å². The number of hydrogen-bond donors (Lipinski definition) is 3. The number of aryl methyl sites for hydroxylation is 1. The topological polar surface area (TPSA) is 78.8 Å². The van der Waals surface area contributed by atoms with E-state index < -0.39 is 5.97 Å². The Balaban J connectivity index is 2.06. The van der Waals surface area contributed by atoms with Gasteiger partial charge in [0.2, 0.25) is 0 Å². The Bertz CT molecular complexity index is 608. The summed E-state index contributed by atoms with van der Waals surface area (Å²) in [7, 11) is 0. The van der Waals surface area contributed by atoms with Crippen LogP contribution in [0.15, 0.2) is 42.5 Å². The van der Waals surface area contributed by atoms with Crippen molar-refractivity contribution in [2.45, 2.75) is 13.3 Å². The molecular formula is C15H15NO4. The second-order valence-electron chi connectivity index (χ2n) is 4.24. The van der Waals surface area contributed by atoms with E-state index >= 15 is 0 Å². The minimum absolute atomic E-state index is 0.0874. The summed E-state index contributed by atoms with van der Waals surface area (Å²) in [4.78, 5) is 16.0. The normalized spacial score (nSPS) is 10.1. The molecule has 0 radical (unpaired) electrons. The number of aromatic hydroxyl groups is 1. The van der Waals surface area contributed by atoms with Crippen molar-refractivity contribution in [1.82, 2.24) is 0 Å². The van der Waals surface area contributed by atoms with Gasteiger partial charge in [0, 0.05) is 0 Å². The fourth-order valence-electron chi connectivity index (χ4n) is 1.66. The van der Waals surface area contributed by atoms with Crippen LogP contribution in [-0.2, 0) is 6.42 Å². The standard InChI is InChI=1S/C15H15NO4/c1-2-10-3-8-14(17)13(9-10)16-20-12-6-4-11(5-7-12)15(18)19/h3-9,16-17H,2H2,1H3,(H,18,19). The molecule has 2 aromatic carbocycles. The number of nitrogens with one attached hydrogen (secondary N) is 1. The molecule has 0 aliphatic heterocycles. The highest BCUT2D eigenvalue weighted by Gasteiger charge is 2.05. The first kappa shape index (κ1) is 13.7. The Morgan fingerprint density at radius 2 is 1.90 bits per heavy atom. The summed E-state index contributed by atoms with van der Waals surface area (Å²) in [5.41, 5.74) is 4.37. The van der Waals surface area contributed by atoms with Gasteiger partial charge < -0.3 is 15.1 Å². The van der Waals surface area contributed by atoms with Crippen molar-refractivity contribution in [3.63, 3.8) is 0 Å². The van der Waals surface area contributed by atoms with Gasteiger partial charge in [-0.3, -0.25) is 0 Å². The van der Waals surface area contributed by atoms with E-state index in [9.17, 15) is 9.90 Å². The van der Waals surface area contributed by atoms with E-state index in [2.05, 4.69) is 5.48 Å². The van der Waals surface area contributed by atoms with Crippen LogP contribution >= 0.6 is 0 Å². The first-order valence-corrected chi connectivity index (χ1v) is 6.18. The minimum Gasteiger partial charge on any atom is -0.506 e. The lowest BCUT2D eigenvalue weighted by Crippen LogP contribution is -2.05. The van der Waals surface area contributed by atoms with Crippen LogP contribution in [0.25, 0.3) is 0 Å². The van der Waals surface area contributed by atoms with E-state index in [0.717, 1.165) is 12.0 Å². The molecule has 0 saturated heterocycles. The van der Waals surface area contributed by atoms with Crippen LogP contribution in [0.5, 0.6) is 11.5 Å². The summed E-state index contributed by atoms with van der Waals surface area (Å²) in [6, 6.07) is 11.2. The first-order chi connectivity index (χ1) is 9.60. The first-order valence-electron chi connectivity index (χ1n) is 6.18. The average Bonchev–Trinajstić information content (AvgIpc) is 2.47. The average molecular weight is 273 g/mol. The lowest BCUT2D eigenvalue weighted by molar-refractivity contribution is 0.0697. The molecule has 0 atom stereocenters. The van der Waals surface area contributed by atoms with Crippen LogP contribution in [0.2, 0.25) is 0 Å². The van der Waals surface area contributed by atoms with Gasteiger partial charge in [0.25, 0.3) is 0 Å². The van der Waals surface area contributed by atoms with Crippen molar-refractivity contribution in [1.29, 1.82) is 0 Å². The highest BCUT2D eigenvalue weighted by molar-refractivity contribution is 5.87. The number of carbonyl (C=O) groups is 1. The van der Waals surface area contributed by atoms with E-state index in [4.69, 9.17) is 9.94 Å². The SMILES string of the molecule is CCc1ccc(O)c(NOc2ccc(C(=O)O)cc2)c1. The van der Waals surface area contributed by atoms with Crippen LogP contribution in [0.1, 0.15) is 22.8 Å². The fraction of sp³-hybridized carbons (Fsp3) is 0.133. The van der Waals surface area contributed by atoms with Crippen molar-refractivity contribution in [3.8, 4) is 11.5 Å². The summed E-state index contributed by atoms with van der Waals surface area (Å²) in [5.74, 6) is -0.446. The summed E-state index contributed by atoms with van der Waals surface area (Å²) < 4.78 is 0. The molecule has 104 valence electrons. The summed E-state index contributed by atoms with van der Waals surface area (Å²) >= 11 is 0. The van der Waals surface area contributed by atoms with Crippen molar-refractivity contribution in [2.75, 3.05) is 5.48 Å². The number of phenolic OH excluding ortho intramolecular Hbond substituents is 1.